The molecule has 0 saturated heterocycles. The molecule has 0 aromatic heterocycles. The monoisotopic (exact) mass is 594 g/mol. The highest BCUT2D eigenvalue weighted by Gasteiger charge is 2.42. The zero-order valence-electron chi connectivity index (χ0n) is 22.0. The predicted octanol–water partition coefficient (Wildman–Crippen LogP) is -0.749. The molecule has 0 heterocycles. The van der Waals surface area contributed by atoms with Gasteiger partial charge >= 0.3 is 47.8 Å². The summed E-state index contributed by atoms with van der Waals surface area (Å²) in [5.74, 6) is -12.6. The second kappa shape index (κ2) is 17.4. The Hall–Kier alpha value is -4.32. The Kier molecular flexibility index (Phi) is 15.6. The largest absolute Gasteiger partial charge is 0.481 e. The third-order valence-corrected chi connectivity index (χ3v) is 6.17. The van der Waals surface area contributed by atoms with Crippen molar-refractivity contribution in [2.24, 2.45) is 0 Å². The molecule has 0 saturated carbocycles. The number of rotatable bonds is 23. The zero-order valence-corrected chi connectivity index (χ0v) is 22.0. The van der Waals surface area contributed by atoms with Crippen LogP contribution in [0, 0.1) is 0 Å². The SMILES string of the molecule is CC(CN(C(CCC(=O)O)C(=O)O)C(CCC(=O)O)C(=O)O)N(C(CCC(=O)O)C(=O)O)C(CCC(=O)O)C(=O)O. The molecular formula is C23H34N2O16. The minimum absolute atomic E-state index is 0.670. The molecule has 18 heteroatoms. The van der Waals surface area contributed by atoms with Gasteiger partial charge in [-0.05, 0) is 32.6 Å². The van der Waals surface area contributed by atoms with Crippen molar-refractivity contribution in [3.63, 3.8) is 0 Å². The number of aliphatic carboxylic acids is 8. The fourth-order valence-electron chi connectivity index (χ4n) is 4.41. The molecule has 232 valence electrons. The van der Waals surface area contributed by atoms with E-state index in [9.17, 15) is 58.8 Å². The van der Waals surface area contributed by atoms with E-state index in [0.717, 1.165) is 9.80 Å². The van der Waals surface area contributed by atoms with Crippen molar-refractivity contribution in [1.82, 2.24) is 9.80 Å². The van der Waals surface area contributed by atoms with E-state index >= 15 is 0 Å². The first kappa shape index (κ1) is 36.7. The zero-order chi connectivity index (χ0) is 32.0. The third kappa shape index (κ3) is 13.1. The Morgan fingerprint density at radius 1 is 0.463 bits per heavy atom. The van der Waals surface area contributed by atoms with Gasteiger partial charge in [-0.2, -0.15) is 0 Å². The van der Waals surface area contributed by atoms with Gasteiger partial charge in [0.15, 0.2) is 0 Å². The lowest BCUT2D eigenvalue weighted by molar-refractivity contribution is -0.160. The van der Waals surface area contributed by atoms with Gasteiger partial charge in [0.2, 0.25) is 0 Å². The molecule has 5 atom stereocenters. The van der Waals surface area contributed by atoms with Crippen LogP contribution in [0.25, 0.3) is 0 Å². The van der Waals surface area contributed by atoms with Crippen LogP contribution in [0.4, 0.5) is 0 Å². The van der Waals surface area contributed by atoms with Crippen molar-refractivity contribution >= 4 is 47.8 Å². The molecule has 0 aliphatic carbocycles. The number of carboxylic acid groups (broad SMARTS) is 8. The van der Waals surface area contributed by atoms with E-state index in [1.807, 2.05) is 0 Å². The van der Waals surface area contributed by atoms with E-state index in [1.165, 1.54) is 6.92 Å². The molecule has 0 spiro atoms. The van der Waals surface area contributed by atoms with Crippen LogP contribution in [0.1, 0.15) is 58.3 Å². The van der Waals surface area contributed by atoms with Crippen molar-refractivity contribution < 1.29 is 79.2 Å². The molecule has 8 N–H and O–H groups in total. The maximum Gasteiger partial charge on any atom is 0.320 e. The first-order valence-electron chi connectivity index (χ1n) is 12.2. The van der Waals surface area contributed by atoms with Crippen LogP contribution >= 0.6 is 0 Å². The minimum Gasteiger partial charge on any atom is -0.481 e. The van der Waals surface area contributed by atoms with Crippen molar-refractivity contribution in [3.05, 3.63) is 0 Å². The lowest BCUT2D eigenvalue weighted by Crippen LogP contribution is -2.60. The van der Waals surface area contributed by atoms with Crippen molar-refractivity contribution in [2.45, 2.75) is 88.5 Å². The Balaban J connectivity index is 6.95. The Labute approximate surface area is 232 Å². The van der Waals surface area contributed by atoms with Gasteiger partial charge in [-0.15, -0.1) is 0 Å². The minimum atomic E-state index is -1.87. The van der Waals surface area contributed by atoms with E-state index < -0.39 is 136 Å². The van der Waals surface area contributed by atoms with E-state index in [-0.39, 0.29) is 0 Å². The molecule has 0 aromatic carbocycles. The molecule has 0 aromatic rings. The van der Waals surface area contributed by atoms with Gasteiger partial charge in [0.1, 0.15) is 24.2 Å². The van der Waals surface area contributed by atoms with Crippen LogP contribution in [-0.2, 0) is 38.4 Å². The maximum absolute atomic E-state index is 12.2. The van der Waals surface area contributed by atoms with Gasteiger partial charge in [0, 0.05) is 38.3 Å². The summed E-state index contributed by atoms with van der Waals surface area (Å²) in [5, 5.41) is 75.6. The van der Waals surface area contributed by atoms with E-state index in [2.05, 4.69) is 0 Å². The molecule has 0 aliphatic heterocycles. The fraction of sp³-hybridized carbons (Fsp3) is 0.652. The van der Waals surface area contributed by atoms with Gasteiger partial charge in [0.25, 0.3) is 0 Å². The Morgan fingerprint density at radius 2 is 0.707 bits per heavy atom. The summed E-state index contributed by atoms with van der Waals surface area (Å²) in [6, 6.07) is -8.90. The second-order valence-electron chi connectivity index (χ2n) is 9.14. The fourth-order valence-corrected chi connectivity index (χ4v) is 4.41. The summed E-state index contributed by atoms with van der Waals surface area (Å²) in [7, 11) is 0. The lowest BCUT2D eigenvalue weighted by atomic mass is 9.98. The van der Waals surface area contributed by atoms with E-state index in [1.54, 1.807) is 0 Å². The molecule has 0 amide bonds. The normalized spacial score (nSPS) is 14.9. The van der Waals surface area contributed by atoms with Crippen LogP contribution in [0.2, 0.25) is 0 Å². The summed E-state index contributed by atoms with van der Waals surface area (Å²) in [6.45, 7) is 0.410. The summed E-state index contributed by atoms with van der Waals surface area (Å²) in [4.78, 5) is 94.7. The standard InChI is InChI=1S/C23H34N2O16/c1-11(25(14(22(38)39)4-8-18(30)31)15(23(40)41)5-9-19(32)33)10-24(12(20(34)35)2-6-16(26)27)13(21(36)37)3-7-17(28)29/h11-15H,2-10H2,1H3,(H,26,27)(H,28,29)(H,30,31)(H,32,33)(H,34,35)(H,36,37)(H,38,39)(H,40,41). The molecule has 0 fully saturated rings. The average molecular weight is 595 g/mol. The molecule has 18 nitrogen and oxygen atoms in total. The number of hydrogen-bond acceptors (Lipinski definition) is 10. The van der Waals surface area contributed by atoms with Crippen molar-refractivity contribution in [1.29, 1.82) is 0 Å². The molecular weight excluding hydrogens is 560 g/mol. The average Bonchev–Trinajstić information content (AvgIpc) is 2.81. The summed E-state index contributed by atoms with van der Waals surface area (Å²) in [5.41, 5.74) is 0. The van der Waals surface area contributed by atoms with Gasteiger partial charge in [-0.1, -0.05) is 0 Å². The molecule has 41 heavy (non-hydrogen) atoms. The Bertz CT molecular complexity index is 926. The second-order valence-corrected chi connectivity index (χ2v) is 9.14. The number of nitrogens with zero attached hydrogens (tertiary/aromatic N) is 2. The van der Waals surface area contributed by atoms with Crippen LogP contribution < -0.4 is 0 Å². The summed E-state index contributed by atoms with van der Waals surface area (Å²) in [6.07, 6.45) is -5.73. The number of hydrogen-bond donors (Lipinski definition) is 8. The van der Waals surface area contributed by atoms with E-state index in [0.29, 0.717) is 0 Å². The van der Waals surface area contributed by atoms with Gasteiger partial charge < -0.3 is 40.9 Å². The predicted molar refractivity (Wildman–Crippen MR) is 131 cm³/mol. The van der Waals surface area contributed by atoms with Crippen molar-refractivity contribution in [3.8, 4) is 0 Å². The van der Waals surface area contributed by atoms with Crippen LogP contribution in [-0.4, -0.2) is 135 Å². The molecule has 0 aliphatic rings. The first-order valence-corrected chi connectivity index (χ1v) is 12.2. The number of carbonyl (C=O) groups is 8. The van der Waals surface area contributed by atoms with Crippen LogP contribution in [0.15, 0.2) is 0 Å². The topological polar surface area (TPSA) is 305 Å². The molecule has 0 rings (SSSR count). The maximum atomic E-state index is 12.2. The van der Waals surface area contributed by atoms with E-state index in [4.69, 9.17) is 20.4 Å². The highest BCUT2D eigenvalue weighted by atomic mass is 16.4. The van der Waals surface area contributed by atoms with Crippen LogP contribution in [0.3, 0.4) is 0 Å². The van der Waals surface area contributed by atoms with Gasteiger partial charge in [-0.25, -0.2) is 0 Å². The Morgan fingerprint density at radius 3 is 0.927 bits per heavy atom. The van der Waals surface area contributed by atoms with Gasteiger partial charge in [0.05, 0.1) is 0 Å². The molecule has 5 unspecified atom stereocenters. The first-order chi connectivity index (χ1) is 18.9. The molecule has 0 bridgehead atoms. The number of carboxylic acids is 8. The van der Waals surface area contributed by atoms with Gasteiger partial charge in [-0.3, -0.25) is 48.2 Å². The third-order valence-electron chi connectivity index (χ3n) is 6.17. The molecule has 0 radical (unpaired) electrons. The highest BCUT2D eigenvalue weighted by molar-refractivity contribution is 5.80. The summed E-state index contributed by atoms with van der Waals surface area (Å²) >= 11 is 0. The smallest absolute Gasteiger partial charge is 0.320 e. The highest BCUT2D eigenvalue weighted by Crippen LogP contribution is 2.24. The van der Waals surface area contributed by atoms with Crippen LogP contribution in [0.5, 0.6) is 0 Å². The summed E-state index contributed by atoms with van der Waals surface area (Å²) < 4.78 is 0. The van der Waals surface area contributed by atoms with Crippen molar-refractivity contribution in [2.75, 3.05) is 6.54 Å². The quantitative estimate of drug-likeness (QED) is 0.0721. The lowest BCUT2D eigenvalue weighted by Gasteiger charge is -2.42.